The van der Waals surface area contributed by atoms with Crippen LogP contribution in [0.15, 0.2) is 36.6 Å². The predicted octanol–water partition coefficient (Wildman–Crippen LogP) is 0.882. The molecule has 0 N–H and O–H groups in total. The first-order valence-electron chi connectivity index (χ1n) is 3.32. The highest BCUT2D eigenvalue weighted by molar-refractivity contribution is 6.04. The molecule has 2 nitrogen and oxygen atoms in total. The van der Waals surface area contributed by atoms with E-state index in [1.165, 1.54) is 24.3 Å². The fourth-order valence-electron chi connectivity index (χ4n) is 0.772. The van der Waals surface area contributed by atoms with Gasteiger partial charge in [-0.25, -0.2) is 4.39 Å². The minimum absolute atomic E-state index is 0.309. The summed E-state index contributed by atoms with van der Waals surface area (Å²) in [7, 11) is 0. The molecule has 0 bridgehead atoms. The van der Waals surface area contributed by atoms with Crippen molar-refractivity contribution < 1.29 is 14.3 Å². The molecule has 1 aromatic rings. The lowest BCUT2D eigenvalue weighted by Crippen LogP contribution is -1.96. The minimum Gasteiger partial charge on any atom is -0.878 e. The van der Waals surface area contributed by atoms with Crippen LogP contribution in [0.4, 0.5) is 4.39 Å². The summed E-state index contributed by atoms with van der Waals surface area (Å²) >= 11 is 0. The molecule has 0 spiro atoms. The molecule has 0 aliphatic rings. The second-order valence-electron chi connectivity index (χ2n) is 2.17. The van der Waals surface area contributed by atoms with Gasteiger partial charge in [-0.05, 0) is 30.3 Å². The van der Waals surface area contributed by atoms with Crippen LogP contribution in [0.2, 0.25) is 0 Å². The van der Waals surface area contributed by atoms with Gasteiger partial charge in [0.25, 0.3) is 0 Å². The Labute approximate surface area is 69.0 Å². The van der Waals surface area contributed by atoms with Crippen molar-refractivity contribution in [3.8, 4) is 0 Å². The molecule has 12 heavy (non-hydrogen) atoms. The second kappa shape index (κ2) is 3.67. The van der Waals surface area contributed by atoms with Crippen LogP contribution in [0.25, 0.3) is 0 Å². The number of halogens is 1. The van der Waals surface area contributed by atoms with Crippen molar-refractivity contribution in [2.24, 2.45) is 0 Å². The van der Waals surface area contributed by atoms with Crippen LogP contribution < -0.4 is 5.11 Å². The van der Waals surface area contributed by atoms with Crippen molar-refractivity contribution in [3.63, 3.8) is 0 Å². The molecule has 0 radical (unpaired) electrons. The number of carbonyl (C=O) groups excluding carboxylic acids is 1. The van der Waals surface area contributed by atoms with Gasteiger partial charge in [0.15, 0.2) is 5.78 Å². The van der Waals surface area contributed by atoms with E-state index >= 15 is 0 Å². The monoisotopic (exact) mass is 165 g/mol. The van der Waals surface area contributed by atoms with E-state index in [-0.39, 0.29) is 0 Å². The topological polar surface area (TPSA) is 40.1 Å². The largest absolute Gasteiger partial charge is 0.878 e. The van der Waals surface area contributed by atoms with E-state index in [4.69, 9.17) is 0 Å². The lowest BCUT2D eigenvalue weighted by atomic mass is 10.1. The molecule has 0 aliphatic carbocycles. The lowest BCUT2D eigenvalue weighted by molar-refractivity contribution is -0.274. The normalized spacial score (nSPS) is 10.4. The summed E-state index contributed by atoms with van der Waals surface area (Å²) in [6, 6.07) is 5.01. The Kier molecular flexibility index (Phi) is 2.58. The smallest absolute Gasteiger partial charge is 0.184 e. The Morgan fingerprint density at radius 2 is 1.92 bits per heavy atom. The lowest BCUT2D eigenvalue weighted by Gasteiger charge is -1.95. The highest BCUT2D eigenvalue weighted by atomic mass is 19.1. The molecule has 1 rings (SSSR count). The summed E-state index contributed by atoms with van der Waals surface area (Å²) in [6.07, 6.45) is 1.30. The highest BCUT2D eigenvalue weighted by Gasteiger charge is 1.99. The Morgan fingerprint density at radius 1 is 1.33 bits per heavy atom. The van der Waals surface area contributed by atoms with Crippen LogP contribution in [-0.2, 0) is 0 Å². The van der Waals surface area contributed by atoms with Gasteiger partial charge < -0.3 is 5.11 Å². The SMILES string of the molecule is O=C(/C=C/[O-])c1ccc(F)cc1. The highest BCUT2D eigenvalue weighted by Crippen LogP contribution is 2.03. The molecule has 0 unspecified atom stereocenters. The first-order chi connectivity index (χ1) is 5.74. The van der Waals surface area contributed by atoms with E-state index in [0.29, 0.717) is 11.8 Å². The van der Waals surface area contributed by atoms with E-state index in [1.54, 1.807) is 0 Å². The zero-order valence-corrected chi connectivity index (χ0v) is 6.16. The van der Waals surface area contributed by atoms with Gasteiger partial charge in [-0.3, -0.25) is 4.79 Å². The standard InChI is InChI=1S/C9H7FO2/c10-8-3-1-7(2-4-8)9(12)5-6-11/h1-6,11H/p-1/b6-5+. The van der Waals surface area contributed by atoms with Crippen molar-refractivity contribution >= 4 is 5.78 Å². The zero-order valence-electron chi connectivity index (χ0n) is 6.16. The van der Waals surface area contributed by atoms with Crippen LogP contribution in [0.1, 0.15) is 10.4 Å². The molecule has 0 aromatic heterocycles. The average Bonchev–Trinajstić information content (AvgIpc) is 2.06. The summed E-state index contributed by atoms with van der Waals surface area (Å²) in [6.45, 7) is 0. The molecular weight excluding hydrogens is 159 g/mol. The van der Waals surface area contributed by atoms with Crippen molar-refractivity contribution in [1.29, 1.82) is 0 Å². The van der Waals surface area contributed by atoms with Gasteiger partial charge in [0.2, 0.25) is 0 Å². The van der Waals surface area contributed by atoms with Gasteiger partial charge in [0.1, 0.15) is 5.82 Å². The molecular formula is C9H6FO2-. The fourth-order valence-corrected chi connectivity index (χ4v) is 0.772. The van der Waals surface area contributed by atoms with Crippen LogP contribution >= 0.6 is 0 Å². The molecule has 0 heterocycles. The first kappa shape index (κ1) is 8.46. The second-order valence-corrected chi connectivity index (χ2v) is 2.17. The number of allylic oxidation sites excluding steroid dienone is 1. The Bertz CT molecular complexity index is 301. The van der Waals surface area contributed by atoms with Crippen LogP contribution in [0.5, 0.6) is 0 Å². The number of carbonyl (C=O) groups is 1. The maximum absolute atomic E-state index is 12.3. The van der Waals surface area contributed by atoms with Gasteiger partial charge in [-0.15, -0.1) is 6.26 Å². The van der Waals surface area contributed by atoms with Gasteiger partial charge in [-0.2, -0.15) is 0 Å². The number of hydrogen-bond acceptors (Lipinski definition) is 2. The maximum Gasteiger partial charge on any atom is 0.184 e. The molecule has 3 heteroatoms. The molecule has 0 saturated heterocycles. The van der Waals surface area contributed by atoms with Crippen molar-refractivity contribution in [2.45, 2.75) is 0 Å². The quantitative estimate of drug-likeness (QED) is 0.371. The van der Waals surface area contributed by atoms with E-state index in [9.17, 15) is 14.3 Å². The van der Waals surface area contributed by atoms with Crippen LogP contribution in [0.3, 0.4) is 0 Å². The van der Waals surface area contributed by atoms with Gasteiger partial charge >= 0.3 is 0 Å². The number of benzene rings is 1. The van der Waals surface area contributed by atoms with Gasteiger partial charge in [0.05, 0.1) is 0 Å². The average molecular weight is 165 g/mol. The van der Waals surface area contributed by atoms with E-state index in [0.717, 1.165) is 6.08 Å². The molecule has 1 aromatic carbocycles. The zero-order chi connectivity index (χ0) is 8.97. The van der Waals surface area contributed by atoms with Crippen LogP contribution in [-0.4, -0.2) is 5.78 Å². The van der Waals surface area contributed by atoms with E-state index in [2.05, 4.69) is 0 Å². The van der Waals surface area contributed by atoms with Crippen molar-refractivity contribution in [1.82, 2.24) is 0 Å². The Morgan fingerprint density at radius 3 is 2.42 bits per heavy atom. The summed E-state index contributed by atoms with van der Waals surface area (Å²) in [5, 5.41) is 9.91. The van der Waals surface area contributed by atoms with Crippen LogP contribution in [0, 0.1) is 5.82 Å². The molecule has 62 valence electrons. The molecule has 0 aliphatic heterocycles. The summed E-state index contributed by atoms with van der Waals surface area (Å²) < 4.78 is 12.3. The third kappa shape index (κ3) is 1.92. The third-order valence-corrected chi connectivity index (χ3v) is 1.35. The summed E-state index contributed by atoms with van der Waals surface area (Å²) in [5.41, 5.74) is 0.309. The number of ketones is 1. The Balaban J connectivity index is 2.90. The third-order valence-electron chi connectivity index (χ3n) is 1.35. The first-order valence-corrected chi connectivity index (χ1v) is 3.32. The van der Waals surface area contributed by atoms with Gasteiger partial charge in [0, 0.05) is 5.56 Å². The molecule has 0 fully saturated rings. The van der Waals surface area contributed by atoms with E-state index < -0.39 is 11.6 Å². The molecule has 0 atom stereocenters. The molecule has 0 saturated carbocycles. The summed E-state index contributed by atoms with van der Waals surface area (Å²) in [5.74, 6) is -0.817. The summed E-state index contributed by atoms with van der Waals surface area (Å²) in [4.78, 5) is 10.9. The predicted molar refractivity (Wildman–Crippen MR) is 39.9 cm³/mol. The Hall–Kier alpha value is -1.64. The fraction of sp³-hybridized carbons (Fsp3) is 0. The van der Waals surface area contributed by atoms with Crippen molar-refractivity contribution in [2.75, 3.05) is 0 Å². The molecule has 0 amide bonds. The van der Waals surface area contributed by atoms with Crippen molar-refractivity contribution in [3.05, 3.63) is 48.0 Å². The number of hydrogen-bond donors (Lipinski definition) is 0. The van der Waals surface area contributed by atoms with E-state index in [1.807, 2.05) is 0 Å². The maximum atomic E-state index is 12.3. The number of rotatable bonds is 2. The van der Waals surface area contributed by atoms with Gasteiger partial charge in [-0.1, -0.05) is 0 Å². The minimum atomic E-state index is -0.412.